The summed E-state index contributed by atoms with van der Waals surface area (Å²) in [5, 5.41) is 10.7. The number of hydrogen-bond acceptors (Lipinski definition) is 5. The number of amides is 1. The zero-order valence-electron chi connectivity index (χ0n) is 24.0. The second-order valence-corrected chi connectivity index (χ2v) is 11.1. The Morgan fingerprint density at radius 1 is 1.10 bits per heavy atom. The fourth-order valence-corrected chi connectivity index (χ4v) is 6.14. The highest BCUT2D eigenvalue weighted by atomic mass is 19.1. The standard InChI is InChI=1S/C32H38F2N4O3/c1-5-28(39)35-24-12-10-21(38-14-7-6-8-19(2)13-15-38)17-23(24)32-22-11-9-20(16-25(22)36-37-32)29-30(33)26(40-3)18-27(41-4)31(29)34/h5,10,12,17-20H,1,6-9,11,13-16H2,2-4H3,(H,35,39)(H,36,37). The number of fused-ring (bicyclic) bond motifs is 1. The lowest BCUT2D eigenvalue weighted by molar-refractivity contribution is -0.111. The van der Waals surface area contributed by atoms with E-state index in [4.69, 9.17) is 9.47 Å². The van der Waals surface area contributed by atoms with Crippen molar-refractivity contribution >= 4 is 17.3 Å². The quantitative estimate of drug-likeness (QED) is 0.309. The van der Waals surface area contributed by atoms with Crippen LogP contribution in [0.3, 0.4) is 0 Å². The topological polar surface area (TPSA) is 79.5 Å². The summed E-state index contributed by atoms with van der Waals surface area (Å²) in [5.74, 6) is -1.54. The van der Waals surface area contributed by atoms with E-state index in [2.05, 4.69) is 40.0 Å². The summed E-state index contributed by atoms with van der Waals surface area (Å²) in [6.07, 6.45) is 7.45. The van der Waals surface area contributed by atoms with Gasteiger partial charge in [0.2, 0.25) is 5.91 Å². The van der Waals surface area contributed by atoms with Crippen molar-refractivity contribution in [3.63, 3.8) is 0 Å². The van der Waals surface area contributed by atoms with E-state index in [-0.39, 0.29) is 23.0 Å². The van der Waals surface area contributed by atoms with Gasteiger partial charge in [-0.15, -0.1) is 0 Å². The number of nitrogens with one attached hydrogen (secondary N) is 2. The number of H-pyrrole nitrogens is 1. The van der Waals surface area contributed by atoms with Crippen molar-refractivity contribution in [1.29, 1.82) is 0 Å². The molecule has 0 radical (unpaired) electrons. The molecule has 2 unspecified atom stereocenters. The Kier molecular flexibility index (Phi) is 8.61. The molecule has 0 saturated carbocycles. The lowest BCUT2D eigenvalue weighted by atomic mass is 9.81. The first-order valence-corrected chi connectivity index (χ1v) is 14.3. The van der Waals surface area contributed by atoms with Crippen molar-refractivity contribution in [3.8, 4) is 22.8 Å². The maximum absolute atomic E-state index is 15.3. The number of benzene rings is 2. The summed E-state index contributed by atoms with van der Waals surface area (Å²) >= 11 is 0. The van der Waals surface area contributed by atoms with Crippen LogP contribution in [0.2, 0.25) is 0 Å². The molecule has 1 fully saturated rings. The third kappa shape index (κ3) is 5.80. The van der Waals surface area contributed by atoms with Crippen molar-refractivity contribution in [2.45, 2.75) is 57.8 Å². The van der Waals surface area contributed by atoms with E-state index in [0.717, 1.165) is 54.1 Å². The lowest BCUT2D eigenvalue weighted by Gasteiger charge is -2.30. The van der Waals surface area contributed by atoms with E-state index in [9.17, 15) is 4.79 Å². The number of aromatic nitrogens is 2. The Bertz CT molecular complexity index is 1410. The molecule has 7 nitrogen and oxygen atoms in total. The Labute approximate surface area is 239 Å². The summed E-state index contributed by atoms with van der Waals surface area (Å²) in [7, 11) is 2.70. The van der Waals surface area contributed by atoms with Crippen molar-refractivity contribution in [2.75, 3.05) is 37.5 Å². The van der Waals surface area contributed by atoms with Crippen molar-refractivity contribution < 1.29 is 23.0 Å². The van der Waals surface area contributed by atoms with Crippen molar-refractivity contribution in [1.82, 2.24) is 10.2 Å². The second-order valence-electron chi connectivity index (χ2n) is 11.1. The molecule has 1 aromatic heterocycles. The SMILES string of the molecule is C=CC(=O)Nc1ccc(N2CCCCC(C)CC2)cc1-c1n[nH]c2c1CCC(c1c(F)c(OC)cc(OC)c1F)C2. The minimum atomic E-state index is -0.705. The molecule has 5 rings (SSSR count). The first kappa shape index (κ1) is 28.6. The zero-order valence-corrected chi connectivity index (χ0v) is 24.0. The molecule has 1 aliphatic heterocycles. The van der Waals surface area contributed by atoms with Crippen LogP contribution in [0.15, 0.2) is 36.9 Å². The van der Waals surface area contributed by atoms with Gasteiger partial charge in [-0.25, -0.2) is 8.78 Å². The van der Waals surface area contributed by atoms with Gasteiger partial charge in [0.15, 0.2) is 23.1 Å². The Balaban J connectivity index is 1.51. The van der Waals surface area contributed by atoms with E-state index in [1.165, 1.54) is 39.2 Å². The molecule has 1 amide bonds. The molecule has 3 aromatic rings. The minimum Gasteiger partial charge on any atom is -0.494 e. The van der Waals surface area contributed by atoms with Crippen LogP contribution in [0.4, 0.5) is 20.2 Å². The number of ether oxygens (including phenoxy) is 2. The van der Waals surface area contributed by atoms with Crippen LogP contribution >= 0.6 is 0 Å². The number of hydrogen-bond donors (Lipinski definition) is 2. The summed E-state index contributed by atoms with van der Waals surface area (Å²) in [5.41, 5.74) is 5.06. The summed E-state index contributed by atoms with van der Waals surface area (Å²) in [4.78, 5) is 14.7. The van der Waals surface area contributed by atoms with Crippen molar-refractivity contribution in [2.24, 2.45) is 5.92 Å². The molecular weight excluding hydrogens is 526 g/mol. The van der Waals surface area contributed by atoms with Gasteiger partial charge in [0, 0.05) is 47.2 Å². The number of rotatable bonds is 7. The van der Waals surface area contributed by atoms with Crippen LogP contribution in [-0.4, -0.2) is 43.4 Å². The number of nitrogens with zero attached hydrogens (tertiary/aromatic N) is 2. The molecule has 2 atom stereocenters. The monoisotopic (exact) mass is 564 g/mol. The Hall–Kier alpha value is -3.88. The number of anilines is 2. The summed E-state index contributed by atoms with van der Waals surface area (Å²) in [6, 6.07) is 7.30. The van der Waals surface area contributed by atoms with Gasteiger partial charge in [0.1, 0.15) is 0 Å². The van der Waals surface area contributed by atoms with E-state index >= 15 is 8.78 Å². The molecular formula is C32H38F2N4O3. The molecule has 9 heteroatoms. The van der Waals surface area contributed by atoms with Crippen LogP contribution in [0.5, 0.6) is 11.5 Å². The van der Waals surface area contributed by atoms with Gasteiger partial charge in [-0.2, -0.15) is 5.10 Å². The van der Waals surface area contributed by atoms with Crippen LogP contribution in [0, 0.1) is 17.6 Å². The molecule has 1 aliphatic carbocycles. The van der Waals surface area contributed by atoms with Crippen LogP contribution < -0.4 is 19.7 Å². The summed E-state index contributed by atoms with van der Waals surface area (Å²) < 4.78 is 40.9. The smallest absolute Gasteiger partial charge is 0.247 e. The largest absolute Gasteiger partial charge is 0.494 e. The predicted octanol–water partition coefficient (Wildman–Crippen LogP) is 6.79. The van der Waals surface area contributed by atoms with Gasteiger partial charge in [0.25, 0.3) is 0 Å². The maximum atomic E-state index is 15.3. The molecule has 0 bridgehead atoms. The van der Waals surface area contributed by atoms with Crippen LogP contribution in [0.1, 0.15) is 61.8 Å². The van der Waals surface area contributed by atoms with Gasteiger partial charge >= 0.3 is 0 Å². The molecule has 1 saturated heterocycles. The highest BCUT2D eigenvalue weighted by Crippen LogP contribution is 2.43. The van der Waals surface area contributed by atoms with Gasteiger partial charge in [0.05, 0.1) is 25.6 Å². The normalized spacial score (nSPS) is 19.1. The van der Waals surface area contributed by atoms with Crippen LogP contribution in [-0.2, 0) is 17.6 Å². The molecule has 218 valence electrons. The summed E-state index contributed by atoms with van der Waals surface area (Å²) in [6.45, 7) is 7.85. The third-order valence-electron chi connectivity index (χ3n) is 8.50. The van der Waals surface area contributed by atoms with E-state index < -0.39 is 17.6 Å². The fraction of sp³-hybridized carbons (Fsp3) is 0.438. The number of carbonyl (C=O) groups is 1. The zero-order chi connectivity index (χ0) is 29.1. The van der Waals surface area contributed by atoms with E-state index in [1.807, 2.05) is 12.1 Å². The van der Waals surface area contributed by atoms with Gasteiger partial charge in [-0.1, -0.05) is 26.3 Å². The molecule has 41 heavy (non-hydrogen) atoms. The van der Waals surface area contributed by atoms with E-state index in [0.29, 0.717) is 30.9 Å². The number of aromatic amines is 1. The Morgan fingerprint density at radius 3 is 2.56 bits per heavy atom. The maximum Gasteiger partial charge on any atom is 0.247 e. The third-order valence-corrected chi connectivity index (χ3v) is 8.50. The van der Waals surface area contributed by atoms with Crippen LogP contribution in [0.25, 0.3) is 11.3 Å². The Morgan fingerprint density at radius 2 is 1.85 bits per heavy atom. The average Bonchev–Trinajstić information content (AvgIpc) is 3.39. The molecule has 0 spiro atoms. The fourth-order valence-electron chi connectivity index (χ4n) is 6.14. The predicted molar refractivity (Wildman–Crippen MR) is 157 cm³/mol. The van der Waals surface area contributed by atoms with E-state index in [1.54, 1.807) is 0 Å². The minimum absolute atomic E-state index is 0.0322. The molecule has 2 N–H and O–H groups in total. The highest BCUT2D eigenvalue weighted by Gasteiger charge is 2.32. The first-order valence-electron chi connectivity index (χ1n) is 14.3. The molecule has 2 heterocycles. The second kappa shape index (κ2) is 12.3. The highest BCUT2D eigenvalue weighted by molar-refractivity contribution is 6.02. The van der Waals surface area contributed by atoms with Crippen molar-refractivity contribution in [3.05, 3.63) is 65.4 Å². The molecule has 2 aliphatic rings. The lowest BCUT2D eigenvalue weighted by Crippen LogP contribution is -2.28. The average molecular weight is 565 g/mol. The number of methoxy groups -OCH3 is 2. The number of halogens is 2. The van der Waals surface area contributed by atoms with Gasteiger partial charge in [-0.3, -0.25) is 9.89 Å². The van der Waals surface area contributed by atoms with Gasteiger partial charge < -0.3 is 19.7 Å². The van der Waals surface area contributed by atoms with Gasteiger partial charge in [-0.05, 0) is 68.2 Å². The molecule has 2 aromatic carbocycles. The first-order chi connectivity index (χ1) is 19.8. The number of carbonyl (C=O) groups excluding carboxylic acids is 1.